The number of nitrogens with one attached hydrogen (secondary N) is 1. The minimum absolute atomic E-state index is 0.0667. The van der Waals surface area contributed by atoms with Crippen molar-refractivity contribution in [1.82, 2.24) is 0 Å². The number of aliphatic imine (C=N–C) groups is 1. The highest BCUT2D eigenvalue weighted by molar-refractivity contribution is 5.92. The number of hydrogen-bond acceptors (Lipinski definition) is 2. The Morgan fingerprint density at radius 2 is 2.04 bits per heavy atom. The van der Waals surface area contributed by atoms with E-state index in [2.05, 4.69) is 10.3 Å². The van der Waals surface area contributed by atoms with Crippen molar-refractivity contribution < 1.29 is 9.13 Å². The molecule has 0 saturated heterocycles. The average molecular weight is 313 g/mol. The highest BCUT2D eigenvalue weighted by atomic mass is 19.1. The van der Waals surface area contributed by atoms with Gasteiger partial charge in [0.15, 0.2) is 5.96 Å². The predicted molar refractivity (Wildman–Crippen MR) is 90.4 cm³/mol. The second kappa shape index (κ2) is 6.28. The van der Waals surface area contributed by atoms with Gasteiger partial charge in [0.25, 0.3) is 0 Å². The van der Waals surface area contributed by atoms with Crippen molar-refractivity contribution in [3.8, 4) is 5.75 Å². The summed E-state index contributed by atoms with van der Waals surface area (Å²) >= 11 is 0. The van der Waals surface area contributed by atoms with E-state index < -0.39 is 0 Å². The number of halogens is 1. The third-order valence-electron chi connectivity index (χ3n) is 4.18. The molecule has 0 spiro atoms. The van der Waals surface area contributed by atoms with E-state index in [0.29, 0.717) is 12.5 Å². The van der Waals surface area contributed by atoms with Crippen LogP contribution in [0.5, 0.6) is 5.75 Å². The first kappa shape index (κ1) is 15.3. The summed E-state index contributed by atoms with van der Waals surface area (Å²) in [6.45, 7) is 0.555. The van der Waals surface area contributed by atoms with Crippen molar-refractivity contribution in [1.29, 1.82) is 0 Å². The molecule has 0 atom stereocenters. The Hall–Kier alpha value is -2.56. The number of rotatable bonds is 5. The third-order valence-corrected chi connectivity index (χ3v) is 4.18. The van der Waals surface area contributed by atoms with Gasteiger partial charge in [-0.25, -0.2) is 4.39 Å². The van der Waals surface area contributed by atoms with Crippen LogP contribution in [-0.4, -0.2) is 19.6 Å². The first-order chi connectivity index (χ1) is 11.1. The zero-order valence-electron chi connectivity index (χ0n) is 13.1. The molecule has 1 fully saturated rings. The Kier molecular flexibility index (Phi) is 4.19. The molecule has 0 radical (unpaired) electrons. The van der Waals surface area contributed by atoms with E-state index in [9.17, 15) is 4.39 Å². The summed E-state index contributed by atoms with van der Waals surface area (Å²) in [7, 11) is 1.62. The lowest BCUT2D eigenvalue weighted by atomic mass is 9.96. The van der Waals surface area contributed by atoms with Crippen LogP contribution in [0.3, 0.4) is 0 Å². The lowest BCUT2D eigenvalue weighted by Gasteiger charge is -2.14. The van der Waals surface area contributed by atoms with Crippen LogP contribution in [0.2, 0.25) is 0 Å². The predicted octanol–water partition coefficient (Wildman–Crippen LogP) is 3.29. The number of nitrogens with two attached hydrogens (primary N) is 1. The van der Waals surface area contributed by atoms with Crippen molar-refractivity contribution in [2.75, 3.05) is 19.0 Å². The SMILES string of the molecule is COc1cccc(NC(N)=NCC2(c3cccc(F)c3)CC2)c1. The molecule has 0 aromatic heterocycles. The maximum Gasteiger partial charge on any atom is 0.193 e. The summed E-state index contributed by atoms with van der Waals surface area (Å²) in [5, 5.41) is 3.05. The molecule has 0 amide bonds. The van der Waals surface area contributed by atoms with Gasteiger partial charge in [0.2, 0.25) is 0 Å². The molecule has 0 bridgehead atoms. The summed E-state index contributed by atoms with van der Waals surface area (Å²) in [5.74, 6) is 0.891. The van der Waals surface area contributed by atoms with E-state index in [1.165, 1.54) is 6.07 Å². The number of methoxy groups -OCH3 is 1. The quantitative estimate of drug-likeness (QED) is 0.658. The van der Waals surface area contributed by atoms with Gasteiger partial charge in [-0.2, -0.15) is 0 Å². The van der Waals surface area contributed by atoms with E-state index >= 15 is 0 Å². The van der Waals surface area contributed by atoms with Crippen molar-refractivity contribution in [2.24, 2.45) is 10.7 Å². The zero-order chi connectivity index (χ0) is 16.3. The number of hydrogen-bond donors (Lipinski definition) is 2. The van der Waals surface area contributed by atoms with Crippen LogP contribution in [0, 0.1) is 5.82 Å². The lowest BCUT2D eigenvalue weighted by molar-refractivity contribution is 0.415. The maximum atomic E-state index is 13.4. The molecule has 0 unspecified atom stereocenters. The van der Waals surface area contributed by atoms with Gasteiger partial charge < -0.3 is 15.8 Å². The zero-order valence-corrected chi connectivity index (χ0v) is 13.1. The lowest BCUT2D eigenvalue weighted by Crippen LogP contribution is -2.25. The maximum absolute atomic E-state index is 13.4. The number of anilines is 1. The molecule has 3 N–H and O–H groups in total. The van der Waals surface area contributed by atoms with Gasteiger partial charge in [0, 0.05) is 17.2 Å². The average Bonchev–Trinajstić information content (AvgIpc) is 3.34. The number of benzene rings is 2. The first-order valence-corrected chi connectivity index (χ1v) is 7.58. The Labute approximate surface area is 135 Å². The van der Waals surface area contributed by atoms with Gasteiger partial charge in [-0.1, -0.05) is 18.2 Å². The largest absolute Gasteiger partial charge is 0.497 e. The van der Waals surface area contributed by atoms with Crippen LogP contribution in [0.15, 0.2) is 53.5 Å². The highest BCUT2D eigenvalue weighted by Gasteiger charge is 2.44. The van der Waals surface area contributed by atoms with Crippen LogP contribution in [0.4, 0.5) is 10.1 Å². The number of nitrogens with zero attached hydrogens (tertiary/aromatic N) is 1. The van der Waals surface area contributed by atoms with Crippen LogP contribution < -0.4 is 15.8 Å². The fourth-order valence-electron chi connectivity index (χ4n) is 2.63. The topological polar surface area (TPSA) is 59.6 Å². The van der Waals surface area contributed by atoms with Gasteiger partial charge in [-0.3, -0.25) is 4.99 Å². The van der Waals surface area contributed by atoms with Crippen LogP contribution >= 0.6 is 0 Å². The summed E-state index contributed by atoms with van der Waals surface area (Å²) in [6.07, 6.45) is 2.01. The molecule has 120 valence electrons. The molecular weight excluding hydrogens is 293 g/mol. The van der Waals surface area contributed by atoms with Crippen LogP contribution in [0.1, 0.15) is 18.4 Å². The van der Waals surface area contributed by atoms with Gasteiger partial charge in [-0.15, -0.1) is 0 Å². The molecule has 0 heterocycles. The Morgan fingerprint density at radius 3 is 2.74 bits per heavy atom. The van der Waals surface area contributed by atoms with Gasteiger partial charge >= 0.3 is 0 Å². The summed E-state index contributed by atoms with van der Waals surface area (Å²) in [4.78, 5) is 4.44. The molecule has 4 nitrogen and oxygen atoms in total. The molecule has 2 aromatic rings. The fourth-order valence-corrected chi connectivity index (χ4v) is 2.63. The second-order valence-electron chi connectivity index (χ2n) is 5.85. The smallest absolute Gasteiger partial charge is 0.193 e. The van der Waals surface area contributed by atoms with Crippen molar-refractivity contribution >= 4 is 11.6 Å². The van der Waals surface area contributed by atoms with E-state index in [4.69, 9.17) is 10.5 Å². The highest BCUT2D eigenvalue weighted by Crippen LogP contribution is 2.48. The normalized spacial score (nSPS) is 16.0. The minimum atomic E-state index is -0.208. The number of ether oxygens (including phenoxy) is 1. The molecule has 3 rings (SSSR count). The summed E-state index contributed by atoms with van der Waals surface area (Å²) in [5.41, 5.74) is 7.71. The van der Waals surface area contributed by atoms with E-state index in [0.717, 1.165) is 29.8 Å². The minimum Gasteiger partial charge on any atom is -0.497 e. The van der Waals surface area contributed by atoms with Crippen molar-refractivity contribution in [2.45, 2.75) is 18.3 Å². The first-order valence-electron chi connectivity index (χ1n) is 7.58. The Morgan fingerprint density at radius 1 is 1.26 bits per heavy atom. The monoisotopic (exact) mass is 313 g/mol. The second-order valence-corrected chi connectivity index (χ2v) is 5.85. The molecule has 1 saturated carbocycles. The molecule has 0 aliphatic heterocycles. The van der Waals surface area contributed by atoms with Crippen molar-refractivity contribution in [3.05, 3.63) is 59.9 Å². The molecular formula is C18H20FN3O. The van der Waals surface area contributed by atoms with Gasteiger partial charge in [-0.05, 0) is 42.7 Å². The molecule has 1 aliphatic rings. The Balaban J connectivity index is 1.67. The van der Waals surface area contributed by atoms with Gasteiger partial charge in [0.05, 0.1) is 13.7 Å². The van der Waals surface area contributed by atoms with E-state index in [-0.39, 0.29) is 11.2 Å². The molecule has 5 heteroatoms. The van der Waals surface area contributed by atoms with Crippen LogP contribution in [0.25, 0.3) is 0 Å². The molecule has 1 aliphatic carbocycles. The van der Waals surface area contributed by atoms with E-state index in [1.807, 2.05) is 30.3 Å². The Bertz CT molecular complexity index is 726. The summed E-state index contributed by atoms with van der Waals surface area (Å²) < 4.78 is 18.6. The van der Waals surface area contributed by atoms with E-state index in [1.54, 1.807) is 19.2 Å². The summed E-state index contributed by atoms with van der Waals surface area (Å²) in [6, 6.07) is 14.2. The number of guanidine groups is 1. The van der Waals surface area contributed by atoms with Gasteiger partial charge in [0.1, 0.15) is 11.6 Å². The third kappa shape index (κ3) is 3.62. The molecule has 2 aromatic carbocycles. The molecule has 23 heavy (non-hydrogen) atoms. The fraction of sp³-hybridized carbons (Fsp3) is 0.278. The van der Waals surface area contributed by atoms with Crippen LogP contribution in [-0.2, 0) is 5.41 Å². The standard InChI is InChI=1S/C18H20FN3O/c1-23-16-7-3-6-15(11-16)22-17(20)21-12-18(8-9-18)13-4-2-5-14(19)10-13/h2-7,10-11H,8-9,12H2,1H3,(H3,20,21,22). The van der Waals surface area contributed by atoms with Crippen molar-refractivity contribution in [3.63, 3.8) is 0 Å².